The van der Waals surface area contributed by atoms with E-state index in [2.05, 4.69) is 5.32 Å². The van der Waals surface area contributed by atoms with Gasteiger partial charge in [-0.15, -0.1) is 0 Å². The molecule has 0 spiro atoms. The topological polar surface area (TPSA) is 38.3 Å². The predicted molar refractivity (Wildman–Crippen MR) is 45.1 cm³/mol. The number of ether oxygens (including phenoxy) is 1. The van der Waals surface area contributed by atoms with Crippen molar-refractivity contribution in [3.8, 4) is 0 Å². The number of hydrogen-bond acceptors (Lipinski definition) is 3. The summed E-state index contributed by atoms with van der Waals surface area (Å²) in [4.78, 5) is 11.1. The Morgan fingerprint density at radius 1 is 1.50 bits per heavy atom. The number of carbonyl (C=O) groups excluding carboxylic acids is 1. The molecule has 12 heavy (non-hydrogen) atoms. The maximum atomic E-state index is 11.1. The predicted octanol–water partition coefficient (Wildman–Crippen LogP) is 1.40. The van der Waals surface area contributed by atoms with Gasteiger partial charge in [0.1, 0.15) is 6.61 Å². The van der Waals surface area contributed by atoms with E-state index < -0.39 is 0 Å². The van der Waals surface area contributed by atoms with Gasteiger partial charge >= 0.3 is 5.97 Å². The quantitative estimate of drug-likeness (QED) is 0.636. The van der Waals surface area contributed by atoms with Crippen LogP contribution in [0, 0.1) is 0 Å². The number of benzene rings is 1. The SMILES string of the molecule is CNc1cccc2c1COC2=O. The Balaban J connectivity index is 2.58. The summed E-state index contributed by atoms with van der Waals surface area (Å²) in [5, 5.41) is 3.02. The van der Waals surface area contributed by atoms with E-state index in [1.165, 1.54) is 0 Å². The molecule has 1 aromatic rings. The van der Waals surface area contributed by atoms with Gasteiger partial charge < -0.3 is 10.1 Å². The second-order valence-corrected chi connectivity index (χ2v) is 2.66. The third-order valence-electron chi connectivity index (χ3n) is 2.01. The number of carbonyl (C=O) groups is 1. The number of rotatable bonds is 1. The molecule has 0 saturated carbocycles. The van der Waals surface area contributed by atoms with Crippen molar-refractivity contribution in [2.24, 2.45) is 0 Å². The summed E-state index contributed by atoms with van der Waals surface area (Å²) in [6, 6.07) is 5.56. The number of hydrogen-bond donors (Lipinski definition) is 1. The molecule has 1 aliphatic heterocycles. The minimum absolute atomic E-state index is 0.220. The van der Waals surface area contributed by atoms with Gasteiger partial charge in [0.25, 0.3) is 0 Å². The van der Waals surface area contributed by atoms with Crippen molar-refractivity contribution < 1.29 is 9.53 Å². The Morgan fingerprint density at radius 2 is 2.33 bits per heavy atom. The van der Waals surface area contributed by atoms with E-state index in [4.69, 9.17) is 4.74 Å². The van der Waals surface area contributed by atoms with Gasteiger partial charge in [0.2, 0.25) is 0 Å². The average Bonchev–Trinajstić information content (AvgIpc) is 2.48. The van der Waals surface area contributed by atoms with Crippen molar-refractivity contribution in [1.82, 2.24) is 0 Å². The van der Waals surface area contributed by atoms with Gasteiger partial charge in [-0.1, -0.05) is 6.07 Å². The molecule has 0 aliphatic carbocycles. The van der Waals surface area contributed by atoms with Crippen molar-refractivity contribution in [3.05, 3.63) is 29.3 Å². The number of cyclic esters (lactones) is 1. The van der Waals surface area contributed by atoms with Crippen molar-refractivity contribution in [3.63, 3.8) is 0 Å². The Bertz CT molecular complexity index is 333. The van der Waals surface area contributed by atoms with Crippen LogP contribution in [-0.2, 0) is 11.3 Å². The Hall–Kier alpha value is -1.51. The van der Waals surface area contributed by atoms with Gasteiger partial charge in [-0.2, -0.15) is 0 Å². The largest absolute Gasteiger partial charge is 0.457 e. The molecule has 0 amide bonds. The molecule has 0 aromatic heterocycles. The summed E-state index contributed by atoms with van der Waals surface area (Å²) in [6.07, 6.45) is 0. The summed E-state index contributed by atoms with van der Waals surface area (Å²) in [5.74, 6) is -0.220. The Morgan fingerprint density at radius 3 is 3.08 bits per heavy atom. The highest BCUT2D eigenvalue weighted by molar-refractivity contribution is 5.95. The fourth-order valence-electron chi connectivity index (χ4n) is 1.38. The second-order valence-electron chi connectivity index (χ2n) is 2.66. The van der Waals surface area contributed by atoms with Crippen molar-refractivity contribution in [2.45, 2.75) is 6.61 Å². The smallest absolute Gasteiger partial charge is 0.338 e. The zero-order valence-corrected chi connectivity index (χ0v) is 6.76. The average molecular weight is 163 g/mol. The lowest BCUT2D eigenvalue weighted by Gasteiger charge is -2.02. The van der Waals surface area contributed by atoms with Gasteiger partial charge in [-0.3, -0.25) is 0 Å². The van der Waals surface area contributed by atoms with Crippen LogP contribution in [0.2, 0.25) is 0 Å². The van der Waals surface area contributed by atoms with Crippen LogP contribution in [0.25, 0.3) is 0 Å². The van der Waals surface area contributed by atoms with Crippen molar-refractivity contribution >= 4 is 11.7 Å². The van der Waals surface area contributed by atoms with Crippen LogP contribution in [0.3, 0.4) is 0 Å². The van der Waals surface area contributed by atoms with E-state index in [0.717, 1.165) is 11.3 Å². The number of fused-ring (bicyclic) bond motifs is 1. The molecule has 0 atom stereocenters. The molecule has 0 fully saturated rings. The van der Waals surface area contributed by atoms with E-state index >= 15 is 0 Å². The normalized spacial score (nSPS) is 13.9. The molecule has 1 aliphatic rings. The lowest BCUT2D eigenvalue weighted by molar-refractivity contribution is 0.0535. The second kappa shape index (κ2) is 2.52. The maximum Gasteiger partial charge on any atom is 0.338 e. The molecule has 1 heterocycles. The van der Waals surface area contributed by atoms with E-state index in [1.54, 1.807) is 6.07 Å². The molecule has 62 valence electrons. The Kier molecular flexibility index (Phi) is 1.50. The zero-order valence-electron chi connectivity index (χ0n) is 6.76. The molecule has 1 aromatic carbocycles. The van der Waals surface area contributed by atoms with Crippen LogP contribution in [0.1, 0.15) is 15.9 Å². The number of esters is 1. The van der Waals surface area contributed by atoms with Crippen LogP contribution in [0.5, 0.6) is 0 Å². The standard InChI is InChI=1S/C9H9NO2/c1-10-8-4-2-3-6-7(8)5-12-9(6)11/h2-4,10H,5H2,1H3. The lowest BCUT2D eigenvalue weighted by Crippen LogP contribution is -1.95. The number of anilines is 1. The van der Waals surface area contributed by atoms with Crippen LogP contribution in [0.15, 0.2) is 18.2 Å². The van der Waals surface area contributed by atoms with Gasteiger partial charge in [0.05, 0.1) is 5.56 Å². The first-order valence-corrected chi connectivity index (χ1v) is 3.79. The summed E-state index contributed by atoms with van der Waals surface area (Å²) in [6.45, 7) is 0.394. The van der Waals surface area contributed by atoms with Crippen molar-refractivity contribution in [2.75, 3.05) is 12.4 Å². The molecule has 0 saturated heterocycles. The molecule has 0 bridgehead atoms. The van der Waals surface area contributed by atoms with Gasteiger partial charge in [-0.05, 0) is 12.1 Å². The highest BCUT2D eigenvalue weighted by Gasteiger charge is 2.22. The zero-order chi connectivity index (χ0) is 8.55. The molecular formula is C9H9NO2. The first kappa shape index (κ1) is 7.16. The monoisotopic (exact) mass is 163 g/mol. The lowest BCUT2D eigenvalue weighted by atomic mass is 10.1. The third-order valence-corrected chi connectivity index (χ3v) is 2.01. The summed E-state index contributed by atoms with van der Waals surface area (Å²) < 4.78 is 4.89. The van der Waals surface area contributed by atoms with Gasteiger partial charge in [0.15, 0.2) is 0 Å². The number of nitrogens with one attached hydrogen (secondary N) is 1. The summed E-state index contributed by atoms with van der Waals surface area (Å²) in [5.41, 5.74) is 2.62. The van der Waals surface area contributed by atoms with Crippen LogP contribution in [-0.4, -0.2) is 13.0 Å². The molecular weight excluding hydrogens is 154 g/mol. The fourth-order valence-corrected chi connectivity index (χ4v) is 1.38. The van der Waals surface area contributed by atoms with E-state index in [1.807, 2.05) is 19.2 Å². The summed E-state index contributed by atoms with van der Waals surface area (Å²) >= 11 is 0. The molecule has 0 radical (unpaired) electrons. The minimum atomic E-state index is -0.220. The molecule has 3 heteroatoms. The highest BCUT2D eigenvalue weighted by Crippen LogP contribution is 2.26. The molecule has 2 rings (SSSR count). The van der Waals surface area contributed by atoms with E-state index in [0.29, 0.717) is 12.2 Å². The van der Waals surface area contributed by atoms with Crippen molar-refractivity contribution in [1.29, 1.82) is 0 Å². The van der Waals surface area contributed by atoms with Crippen LogP contribution >= 0.6 is 0 Å². The maximum absolute atomic E-state index is 11.1. The van der Waals surface area contributed by atoms with E-state index in [9.17, 15) is 4.79 Å². The van der Waals surface area contributed by atoms with Gasteiger partial charge in [-0.25, -0.2) is 4.79 Å². The van der Waals surface area contributed by atoms with Gasteiger partial charge in [0, 0.05) is 18.3 Å². The fraction of sp³-hybridized carbons (Fsp3) is 0.222. The summed E-state index contributed by atoms with van der Waals surface area (Å²) in [7, 11) is 1.83. The third kappa shape index (κ3) is 0.863. The molecule has 1 N–H and O–H groups in total. The minimum Gasteiger partial charge on any atom is -0.457 e. The Labute approximate surface area is 70.3 Å². The molecule has 0 unspecified atom stereocenters. The highest BCUT2D eigenvalue weighted by atomic mass is 16.5. The molecule has 3 nitrogen and oxygen atoms in total. The first-order valence-electron chi connectivity index (χ1n) is 3.79. The van der Waals surface area contributed by atoms with Crippen LogP contribution in [0.4, 0.5) is 5.69 Å². The first-order chi connectivity index (χ1) is 5.83. The van der Waals surface area contributed by atoms with E-state index in [-0.39, 0.29) is 5.97 Å². The van der Waals surface area contributed by atoms with Crippen LogP contribution < -0.4 is 5.32 Å².